The van der Waals surface area contributed by atoms with E-state index in [-0.39, 0.29) is 0 Å². The highest BCUT2D eigenvalue weighted by Gasteiger charge is 2.65. The zero-order valence-electron chi connectivity index (χ0n) is 8.84. The normalized spacial score (nSPS) is 35.9. The van der Waals surface area contributed by atoms with Crippen LogP contribution < -0.4 is 5.32 Å². The van der Waals surface area contributed by atoms with Crippen molar-refractivity contribution in [1.82, 2.24) is 5.32 Å². The van der Waals surface area contributed by atoms with Crippen molar-refractivity contribution in [2.75, 3.05) is 0 Å². The summed E-state index contributed by atoms with van der Waals surface area (Å²) >= 11 is 0. The molecule has 1 amide bonds. The Balaban J connectivity index is 2.35. The topological polar surface area (TPSA) is 73.1 Å². The number of hydrogen-bond donors (Lipinski definition) is 2. The van der Waals surface area contributed by atoms with Gasteiger partial charge in [-0.1, -0.05) is 6.42 Å². The molecule has 2 N–H and O–H groups in total. The van der Waals surface area contributed by atoms with Gasteiger partial charge >= 0.3 is 6.18 Å². The van der Waals surface area contributed by atoms with Crippen molar-refractivity contribution >= 4 is 5.91 Å². The number of aliphatic hydroxyl groups is 1. The zero-order chi connectivity index (χ0) is 12.9. The van der Waals surface area contributed by atoms with Gasteiger partial charge in [0.2, 0.25) is 11.6 Å². The van der Waals surface area contributed by atoms with Crippen LogP contribution in [0.25, 0.3) is 0 Å². The smallest absolute Gasteiger partial charge is 0.363 e. The molecule has 0 unspecified atom stereocenters. The van der Waals surface area contributed by atoms with E-state index in [0.717, 1.165) is 0 Å². The highest BCUT2D eigenvalue weighted by molar-refractivity contribution is 5.84. The molecule has 2 rings (SSSR count). The quantitative estimate of drug-likeness (QED) is 0.673. The van der Waals surface area contributed by atoms with Crippen molar-refractivity contribution in [3.05, 3.63) is 0 Å². The third-order valence-corrected chi connectivity index (χ3v) is 3.76. The van der Waals surface area contributed by atoms with E-state index in [2.05, 4.69) is 0 Å². The molecule has 1 aliphatic carbocycles. The van der Waals surface area contributed by atoms with Gasteiger partial charge in [0.1, 0.15) is 5.92 Å². The van der Waals surface area contributed by atoms with Crippen molar-refractivity contribution in [3.63, 3.8) is 0 Å². The maximum atomic E-state index is 12.7. The first kappa shape index (κ1) is 12.2. The van der Waals surface area contributed by atoms with E-state index >= 15 is 0 Å². The molecule has 0 aromatic heterocycles. The first-order chi connectivity index (χ1) is 7.74. The van der Waals surface area contributed by atoms with Crippen LogP contribution in [0.15, 0.2) is 0 Å². The first-order valence-electron chi connectivity index (χ1n) is 5.25. The molecule has 94 valence electrons. The lowest BCUT2D eigenvalue weighted by atomic mass is 9.56. The minimum atomic E-state index is -4.92. The predicted octanol–water partition coefficient (Wildman–Crippen LogP) is 1.07. The summed E-state index contributed by atoms with van der Waals surface area (Å²) in [6.45, 7) is 0. The molecule has 1 aliphatic heterocycles. The average molecular weight is 248 g/mol. The molecular formula is C10H11F3N2O2. The maximum Gasteiger partial charge on any atom is 0.436 e. The molecule has 17 heavy (non-hydrogen) atoms. The van der Waals surface area contributed by atoms with Crippen LogP contribution in [0.3, 0.4) is 0 Å². The van der Waals surface area contributed by atoms with Gasteiger partial charge < -0.3 is 10.4 Å². The van der Waals surface area contributed by atoms with Crippen molar-refractivity contribution in [2.24, 2.45) is 11.3 Å². The molecule has 7 heteroatoms. The van der Waals surface area contributed by atoms with Gasteiger partial charge in [-0.25, -0.2) is 0 Å². The highest BCUT2D eigenvalue weighted by Crippen LogP contribution is 2.56. The maximum absolute atomic E-state index is 12.7. The number of alkyl halides is 3. The number of amides is 1. The highest BCUT2D eigenvalue weighted by atomic mass is 19.4. The van der Waals surface area contributed by atoms with Crippen LogP contribution >= 0.6 is 0 Å². The van der Waals surface area contributed by atoms with Crippen LogP contribution in [0, 0.1) is 22.7 Å². The van der Waals surface area contributed by atoms with Crippen LogP contribution in [0.2, 0.25) is 0 Å². The Hall–Kier alpha value is -1.29. The molecule has 1 saturated carbocycles. The van der Waals surface area contributed by atoms with E-state index in [1.807, 2.05) is 0 Å². The Kier molecular flexibility index (Phi) is 2.40. The second-order valence-corrected chi connectivity index (χ2v) is 4.80. The van der Waals surface area contributed by atoms with Crippen LogP contribution in [0.5, 0.6) is 0 Å². The number of carbonyl (C=O) groups is 1. The van der Waals surface area contributed by atoms with E-state index in [9.17, 15) is 23.1 Å². The second kappa shape index (κ2) is 3.35. The van der Waals surface area contributed by atoms with Crippen LogP contribution in [-0.4, -0.2) is 22.9 Å². The summed E-state index contributed by atoms with van der Waals surface area (Å²) in [5.74, 6) is -2.13. The molecule has 1 heterocycles. The van der Waals surface area contributed by atoms with Gasteiger partial charge in [-0.2, -0.15) is 18.4 Å². The van der Waals surface area contributed by atoms with E-state index in [1.165, 1.54) is 5.32 Å². The molecule has 1 spiro atoms. The first-order valence-corrected chi connectivity index (χ1v) is 5.25. The van der Waals surface area contributed by atoms with E-state index in [0.29, 0.717) is 19.3 Å². The molecule has 0 aromatic carbocycles. The number of rotatable bonds is 0. The Bertz CT molecular complexity index is 397. The van der Waals surface area contributed by atoms with Gasteiger partial charge in [0.15, 0.2) is 0 Å². The third-order valence-electron chi connectivity index (χ3n) is 3.76. The lowest BCUT2D eigenvalue weighted by Gasteiger charge is -2.52. The van der Waals surface area contributed by atoms with Gasteiger partial charge in [-0.15, -0.1) is 0 Å². The summed E-state index contributed by atoms with van der Waals surface area (Å²) in [6, 6.07) is 1.75. The van der Waals surface area contributed by atoms with Crippen molar-refractivity contribution < 1.29 is 23.1 Å². The van der Waals surface area contributed by atoms with Crippen molar-refractivity contribution in [3.8, 4) is 6.07 Å². The number of hydrogen-bond acceptors (Lipinski definition) is 3. The van der Waals surface area contributed by atoms with Crippen LogP contribution in [0.1, 0.15) is 25.7 Å². The predicted molar refractivity (Wildman–Crippen MR) is 49.2 cm³/mol. The lowest BCUT2D eigenvalue weighted by Crippen LogP contribution is -2.68. The summed E-state index contributed by atoms with van der Waals surface area (Å²) < 4.78 is 38.1. The molecule has 2 atom stereocenters. The number of piperidine rings is 1. The van der Waals surface area contributed by atoms with Gasteiger partial charge in [0.25, 0.3) is 0 Å². The Morgan fingerprint density at radius 2 is 2.06 bits per heavy atom. The Morgan fingerprint density at radius 3 is 2.41 bits per heavy atom. The second-order valence-electron chi connectivity index (χ2n) is 4.80. The fraction of sp³-hybridized carbons (Fsp3) is 0.800. The molecule has 0 aromatic rings. The van der Waals surface area contributed by atoms with Crippen LogP contribution in [-0.2, 0) is 4.79 Å². The number of nitrogens with zero attached hydrogens (tertiary/aromatic N) is 1. The molecule has 1 saturated heterocycles. The monoisotopic (exact) mass is 248 g/mol. The molecule has 0 bridgehead atoms. The summed E-state index contributed by atoms with van der Waals surface area (Å²) in [4.78, 5) is 11.5. The minimum absolute atomic E-state index is 0.372. The van der Waals surface area contributed by atoms with Crippen LogP contribution in [0.4, 0.5) is 13.2 Å². The van der Waals surface area contributed by atoms with E-state index in [4.69, 9.17) is 5.26 Å². The fourth-order valence-corrected chi connectivity index (χ4v) is 2.67. The summed E-state index contributed by atoms with van der Waals surface area (Å²) in [5.41, 5.74) is -4.21. The Morgan fingerprint density at radius 1 is 1.47 bits per heavy atom. The van der Waals surface area contributed by atoms with Crippen molar-refractivity contribution in [1.29, 1.82) is 5.26 Å². The molecule has 0 radical (unpaired) electrons. The number of nitriles is 1. The largest absolute Gasteiger partial charge is 0.436 e. The number of halogens is 3. The standard InChI is InChI=1S/C10H11F3N2O2/c11-10(12,13)9(17)5-8(2-1-3-8)6(4-14)7(16)15-9/h6,17H,1-3,5H2,(H,15,16)/t6-,9-/m0/s1. The van der Waals surface area contributed by atoms with Gasteiger partial charge in [0, 0.05) is 11.8 Å². The van der Waals surface area contributed by atoms with E-state index in [1.54, 1.807) is 6.07 Å². The number of carbonyl (C=O) groups excluding carboxylic acids is 1. The zero-order valence-corrected chi connectivity index (χ0v) is 8.84. The van der Waals surface area contributed by atoms with Gasteiger partial charge in [0.05, 0.1) is 6.07 Å². The fourth-order valence-electron chi connectivity index (χ4n) is 2.67. The molecule has 2 aliphatic rings. The van der Waals surface area contributed by atoms with Gasteiger partial charge in [-0.05, 0) is 12.8 Å². The summed E-state index contributed by atoms with van der Waals surface area (Å²) in [5, 5.41) is 19.9. The SMILES string of the molecule is N#C[C@H]1C(=O)N[C@@](O)(C(F)(F)F)CC12CCC2. The number of nitrogens with one attached hydrogen (secondary N) is 1. The summed E-state index contributed by atoms with van der Waals surface area (Å²) in [7, 11) is 0. The molecule has 2 fully saturated rings. The minimum Gasteiger partial charge on any atom is -0.363 e. The van der Waals surface area contributed by atoms with E-state index < -0.39 is 35.6 Å². The molecule has 4 nitrogen and oxygen atoms in total. The molecular weight excluding hydrogens is 237 g/mol. The van der Waals surface area contributed by atoms with Gasteiger partial charge in [-0.3, -0.25) is 4.79 Å². The Labute approximate surface area is 95.4 Å². The van der Waals surface area contributed by atoms with Crippen molar-refractivity contribution in [2.45, 2.75) is 37.6 Å². The third kappa shape index (κ3) is 1.59. The average Bonchev–Trinajstić information content (AvgIpc) is 2.12. The lowest BCUT2D eigenvalue weighted by molar-refractivity contribution is -0.293. The summed E-state index contributed by atoms with van der Waals surface area (Å²) in [6.07, 6.45) is -4.13.